The second-order valence-corrected chi connectivity index (χ2v) is 5.73. The van der Waals surface area contributed by atoms with Crippen LogP contribution in [0, 0.1) is 0 Å². The third kappa shape index (κ3) is 4.94. The third-order valence-corrected chi connectivity index (χ3v) is 3.62. The molecule has 1 aromatic rings. The van der Waals surface area contributed by atoms with E-state index in [-0.39, 0.29) is 5.28 Å². The zero-order chi connectivity index (χ0) is 15.2. The summed E-state index contributed by atoms with van der Waals surface area (Å²) < 4.78 is 0. The Balaban J connectivity index is 1.92. The van der Waals surface area contributed by atoms with Crippen LogP contribution in [0.25, 0.3) is 0 Å². The van der Waals surface area contributed by atoms with Crippen molar-refractivity contribution in [3.05, 3.63) is 5.28 Å². The summed E-state index contributed by atoms with van der Waals surface area (Å²) >= 11 is 5.97. The molecule has 21 heavy (non-hydrogen) atoms. The second-order valence-electron chi connectivity index (χ2n) is 5.39. The highest BCUT2D eigenvalue weighted by Gasteiger charge is 2.20. The number of nitrogens with one attached hydrogen (secondary N) is 1. The number of likely N-dealkylation sites (N-methyl/N-ethyl adjacent to an activating group) is 1. The van der Waals surface area contributed by atoms with Gasteiger partial charge in [0.15, 0.2) is 0 Å². The van der Waals surface area contributed by atoms with Gasteiger partial charge in [-0.15, -0.1) is 0 Å². The predicted octanol–water partition coefficient (Wildman–Crippen LogP) is 0.640. The summed E-state index contributed by atoms with van der Waals surface area (Å²) in [5.41, 5.74) is 0. The average Bonchev–Trinajstić information content (AvgIpc) is 2.45. The van der Waals surface area contributed by atoms with E-state index in [4.69, 9.17) is 11.6 Å². The van der Waals surface area contributed by atoms with Gasteiger partial charge in [-0.3, -0.25) is 4.90 Å². The smallest absolute Gasteiger partial charge is 0.231 e. The zero-order valence-corrected chi connectivity index (χ0v) is 13.8. The summed E-state index contributed by atoms with van der Waals surface area (Å²) in [5.74, 6) is 1.21. The van der Waals surface area contributed by atoms with Crippen LogP contribution in [-0.2, 0) is 0 Å². The van der Waals surface area contributed by atoms with Crippen molar-refractivity contribution in [1.82, 2.24) is 24.8 Å². The van der Waals surface area contributed by atoms with E-state index in [9.17, 15) is 0 Å². The van der Waals surface area contributed by atoms with E-state index in [1.54, 1.807) is 0 Å². The number of hydrogen-bond acceptors (Lipinski definition) is 7. The predicted molar refractivity (Wildman–Crippen MR) is 86.2 cm³/mol. The van der Waals surface area contributed by atoms with Crippen LogP contribution in [0.1, 0.15) is 6.92 Å². The molecule has 0 radical (unpaired) electrons. The number of piperazine rings is 1. The van der Waals surface area contributed by atoms with Crippen LogP contribution in [0.4, 0.5) is 11.9 Å². The van der Waals surface area contributed by atoms with Gasteiger partial charge in [0.1, 0.15) is 0 Å². The highest BCUT2D eigenvalue weighted by Crippen LogP contribution is 2.15. The van der Waals surface area contributed by atoms with Gasteiger partial charge in [0.05, 0.1) is 0 Å². The van der Waals surface area contributed by atoms with Crippen molar-refractivity contribution in [1.29, 1.82) is 0 Å². The highest BCUT2D eigenvalue weighted by molar-refractivity contribution is 6.28. The summed E-state index contributed by atoms with van der Waals surface area (Å²) in [4.78, 5) is 19.6. The van der Waals surface area contributed by atoms with Crippen LogP contribution in [0.5, 0.6) is 0 Å². The highest BCUT2D eigenvalue weighted by atomic mass is 35.5. The number of aromatic nitrogens is 3. The maximum atomic E-state index is 5.97. The maximum absolute atomic E-state index is 5.97. The van der Waals surface area contributed by atoms with Gasteiger partial charge in [0.2, 0.25) is 17.2 Å². The molecule has 1 saturated heterocycles. The van der Waals surface area contributed by atoms with Crippen LogP contribution in [0.3, 0.4) is 0 Å². The molecule has 0 aromatic carbocycles. The van der Waals surface area contributed by atoms with Crippen molar-refractivity contribution in [2.75, 3.05) is 70.1 Å². The van der Waals surface area contributed by atoms with Gasteiger partial charge in [-0.2, -0.15) is 15.0 Å². The summed E-state index contributed by atoms with van der Waals surface area (Å²) in [6.45, 7) is 8.82. The average molecular weight is 314 g/mol. The maximum Gasteiger partial charge on any atom is 0.231 e. The molecule has 0 aliphatic carbocycles. The fraction of sp³-hybridized carbons (Fsp3) is 0.769. The van der Waals surface area contributed by atoms with E-state index < -0.39 is 0 Å². The lowest BCUT2D eigenvalue weighted by Crippen LogP contribution is -2.48. The first-order valence-electron chi connectivity index (χ1n) is 7.36. The first-order chi connectivity index (χ1) is 10.1. The molecule has 1 aliphatic rings. The molecular formula is C13H24ClN7. The van der Waals surface area contributed by atoms with E-state index in [2.05, 4.69) is 49.1 Å². The molecule has 2 rings (SSSR count). The van der Waals surface area contributed by atoms with Crippen molar-refractivity contribution in [3.63, 3.8) is 0 Å². The van der Waals surface area contributed by atoms with E-state index in [0.29, 0.717) is 11.9 Å². The molecule has 1 aromatic heterocycles. The third-order valence-electron chi connectivity index (χ3n) is 3.45. The van der Waals surface area contributed by atoms with Gasteiger partial charge in [0, 0.05) is 45.8 Å². The molecule has 0 amide bonds. The topological polar surface area (TPSA) is 60.4 Å². The standard InChI is InChI=1S/C13H24ClN7/c1-4-15-12-16-11(14)17-13(18-12)21-9-7-20(8-10-21)6-5-19(2)3/h4-10H2,1-3H3,(H,15,16,17,18). The molecule has 0 unspecified atom stereocenters. The van der Waals surface area contributed by atoms with Gasteiger partial charge in [0.25, 0.3) is 0 Å². The lowest BCUT2D eigenvalue weighted by molar-refractivity contribution is 0.228. The SMILES string of the molecule is CCNc1nc(Cl)nc(N2CCN(CCN(C)C)CC2)n1. The first-order valence-corrected chi connectivity index (χ1v) is 7.73. The molecule has 2 heterocycles. The Morgan fingerprint density at radius 2 is 1.86 bits per heavy atom. The molecule has 1 N–H and O–H groups in total. The van der Waals surface area contributed by atoms with Crippen LogP contribution in [0.2, 0.25) is 5.28 Å². The molecule has 0 bridgehead atoms. The minimum Gasteiger partial charge on any atom is -0.354 e. The van der Waals surface area contributed by atoms with Crippen molar-refractivity contribution in [2.24, 2.45) is 0 Å². The van der Waals surface area contributed by atoms with Crippen molar-refractivity contribution in [3.8, 4) is 0 Å². The molecule has 118 valence electrons. The fourth-order valence-electron chi connectivity index (χ4n) is 2.23. The normalized spacial score (nSPS) is 16.5. The van der Waals surface area contributed by atoms with Crippen LogP contribution in [0.15, 0.2) is 0 Å². The van der Waals surface area contributed by atoms with Gasteiger partial charge in [-0.05, 0) is 32.6 Å². The Morgan fingerprint density at radius 3 is 2.48 bits per heavy atom. The number of halogens is 1. The molecule has 0 spiro atoms. The first kappa shape index (κ1) is 16.2. The summed E-state index contributed by atoms with van der Waals surface area (Å²) in [7, 11) is 4.20. The van der Waals surface area contributed by atoms with Crippen molar-refractivity contribution in [2.45, 2.75) is 6.92 Å². The monoisotopic (exact) mass is 313 g/mol. The van der Waals surface area contributed by atoms with Crippen LogP contribution in [-0.4, -0.2) is 84.7 Å². The van der Waals surface area contributed by atoms with Crippen LogP contribution >= 0.6 is 11.6 Å². The number of hydrogen-bond donors (Lipinski definition) is 1. The minimum atomic E-state index is 0.242. The van der Waals surface area contributed by atoms with Crippen molar-refractivity contribution < 1.29 is 0 Å². The van der Waals surface area contributed by atoms with Crippen molar-refractivity contribution >= 4 is 23.5 Å². The molecule has 8 heteroatoms. The molecule has 1 aliphatic heterocycles. The second kappa shape index (κ2) is 7.72. The van der Waals surface area contributed by atoms with Gasteiger partial charge < -0.3 is 15.1 Å². The van der Waals surface area contributed by atoms with E-state index in [1.807, 2.05) is 6.92 Å². The Morgan fingerprint density at radius 1 is 1.14 bits per heavy atom. The van der Waals surface area contributed by atoms with E-state index in [1.165, 1.54) is 0 Å². The van der Waals surface area contributed by atoms with E-state index in [0.717, 1.165) is 45.8 Å². The summed E-state index contributed by atoms with van der Waals surface area (Å²) in [6, 6.07) is 0. The number of anilines is 2. The molecule has 1 fully saturated rings. The van der Waals surface area contributed by atoms with E-state index >= 15 is 0 Å². The zero-order valence-electron chi connectivity index (χ0n) is 13.0. The Hall–Kier alpha value is -1.18. The quantitative estimate of drug-likeness (QED) is 0.827. The number of rotatable bonds is 6. The molecule has 7 nitrogen and oxygen atoms in total. The summed E-state index contributed by atoms with van der Waals surface area (Å²) in [6.07, 6.45) is 0. The lowest BCUT2D eigenvalue weighted by atomic mass is 10.3. The van der Waals surface area contributed by atoms with Gasteiger partial charge in [-0.25, -0.2) is 0 Å². The Labute approximate surface area is 131 Å². The van der Waals surface area contributed by atoms with Crippen LogP contribution < -0.4 is 10.2 Å². The largest absolute Gasteiger partial charge is 0.354 e. The Kier molecular flexibility index (Phi) is 5.96. The molecule has 0 atom stereocenters. The molecular weight excluding hydrogens is 290 g/mol. The number of nitrogens with zero attached hydrogens (tertiary/aromatic N) is 6. The summed E-state index contributed by atoms with van der Waals surface area (Å²) in [5, 5.41) is 3.32. The fourth-order valence-corrected chi connectivity index (χ4v) is 2.39. The van der Waals surface area contributed by atoms with Gasteiger partial charge >= 0.3 is 0 Å². The Bertz CT molecular complexity index is 446. The molecule has 0 saturated carbocycles. The minimum absolute atomic E-state index is 0.242. The van der Waals surface area contributed by atoms with Gasteiger partial charge in [-0.1, -0.05) is 0 Å². The lowest BCUT2D eigenvalue weighted by Gasteiger charge is -2.35.